The summed E-state index contributed by atoms with van der Waals surface area (Å²) in [5.41, 5.74) is 0. The Morgan fingerprint density at radius 3 is 1.67 bits per heavy atom. The van der Waals surface area contributed by atoms with E-state index in [2.05, 4.69) is 19.1 Å². The van der Waals surface area contributed by atoms with Crippen LogP contribution in [0.5, 0.6) is 0 Å². The second kappa shape index (κ2) is 19.2. The third-order valence-electron chi connectivity index (χ3n) is 3.63. The Balaban J connectivity index is 3.44. The minimum atomic E-state index is -0.930. The summed E-state index contributed by atoms with van der Waals surface area (Å²) >= 11 is 0. The second-order valence-electron chi connectivity index (χ2n) is 5.90. The quantitative estimate of drug-likeness (QED) is 0.204. The van der Waals surface area contributed by atoms with E-state index in [-0.39, 0.29) is 0 Å². The molecule has 0 atom stereocenters. The van der Waals surface area contributed by atoms with Gasteiger partial charge in [0.1, 0.15) is 0 Å². The van der Waals surface area contributed by atoms with Crippen LogP contribution in [-0.4, -0.2) is 11.1 Å². The first-order valence-corrected chi connectivity index (χ1v) is 9.33. The Bertz CT molecular complexity index is 425. The van der Waals surface area contributed by atoms with E-state index in [1.807, 2.05) is 24.3 Å². The van der Waals surface area contributed by atoms with E-state index >= 15 is 0 Å². The number of carboxylic acid groups (broad SMARTS) is 1. The van der Waals surface area contributed by atoms with Crippen LogP contribution < -0.4 is 0 Å². The van der Waals surface area contributed by atoms with Gasteiger partial charge in [0.2, 0.25) is 0 Å². The lowest BCUT2D eigenvalue weighted by Gasteiger charge is -2.00. The summed E-state index contributed by atoms with van der Waals surface area (Å²) in [4.78, 5) is 10.2. The molecule has 2 heteroatoms. The van der Waals surface area contributed by atoms with E-state index in [1.165, 1.54) is 63.9 Å². The molecule has 24 heavy (non-hydrogen) atoms. The summed E-state index contributed by atoms with van der Waals surface area (Å²) in [6, 6.07) is 0. The van der Waals surface area contributed by atoms with Gasteiger partial charge in [-0.15, -0.1) is 0 Å². The van der Waals surface area contributed by atoms with Crippen molar-refractivity contribution in [1.82, 2.24) is 0 Å². The van der Waals surface area contributed by atoms with Gasteiger partial charge in [0, 0.05) is 6.08 Å². The van der Waals surface area contributed by atoms with Crippen LogP contribution in [0, 0.1) is 0 Å². The molecule has 134 valence electrons. The topological polar surface area (TPSA) is 37.3 Å². The predicted octanol–water partition coefficient (Wildman–Crippen LogP) is 6.77. The molecule has 0 aliphatic rings. The van der Waals surface area contributed by atoms with E-state index < -0.39 is 5.97 Å². The van der Waals surface area contributed by atoms with Gasteiger partial charge < -0.3 is 5.11 Å². The molecule has 0 amide bonds. The second-order valence-corrected chi connectivity index (χ2v) is 5.90. The lowest BCUT2D eigenvalue weighted by Crippen LogP contribution is -1.84. The van der Waals surface area contributed by atoms with Crippen molar-refractivity contribution < 1.29 is 9.90 Å². The van der Waals surface area contributed by atoms with Gasteiger partial charge in [-0.05, 0) is 12.8 Å². The maximum absolute atomic E-state index is 10.2. The normalized spacial score (nSPS) is 12.7. The van der Waals surface area contributed by atoms with Crippen molar-refractivity contribution in [1.29, 1.82) is 0 Å². The largest absolute Gasteiger partial charge is 0.478 e. The van der Waals surface area contributed by atoms with Gasteiger partial charge in [-0.25, -0.2) is 4.79 Å². The molecule has 0 spiro atoms. The van der Waals surface area contributed by atoms with Crippen LogP contribution in [0.15, 0.2) is 60.8 Å². The number of rotatable bonds is 15. The van der Waals surface area contributed by atoms with Crippen molar-refractivity contribution in [2.45, 2.75) is 71.1 Å². The maximum atomic E-state index is 10.2. The molecule has 0 heterocycles. The molecule has 0 radical (unpaired) electrons. The van der Waals surface area contributed by atoms with Gasteiger partial charge in [-0.2, -0.15) is 0 Å². The molecule has 0 aliphatic carbocycles. The first-order chi connectivity index (χ1) is 11.8. The number of aliphatic carboxylic acids is 1. The summed E-state index contributed by atoms with van der Waals surface area (Å²) in [6.45, 7) is 2.26. The summed E-state index contributed by atoms with van der Waals surface area (Å²) in [5, 5.41) is 8.40. The Labute approximate surface area is 148 Å². The minimum Gasteiger partial charge on any atom is -0.478 e. The molecular formula is C22H34O2. The van der Waals surface area contributed by atoms with Crippen LogP contribution in [-0.2, 0) is 4.79 Å². The van der Waals surface area contributed by atoms with E-state index in [1.54, 1.807) is 12.2 Å². The van der Waals surface area contributed by atoms with Crippen molar-refractivity contribution in [3.63, 3.8) is 0 Å². The molecule has 0 saturated carbocycles. The minimum absolute atomic E-state index is 0.930. The van der Waals surface area contributed by atoms with Gasteiger partial charge in [0.05, 0.1) is 0 Å². The fourth-order valence-corrected chi connectivity index (χ4v) is 2.27. The average molecular weight is 331 g/mol. The Kier molecular flexibility index (Phi) is 17.8. The Hall–Kier alpha value is -1.83. The van der Waals surface area contributed by atoms with Crippen molar-refractivity contribution in [2.24, 2.45) is 0 Å². The highest BCUT2D eigenvalue weighted by Gasteiger charge is 1.90. The number of hydrogen-bond acceptors (Lipinski definition) is 1. The molecule has 0 aromatic heterocycles. The summed E-state index contributed by atoms with van der Waals surface area (Å²) < 4.78 is 0. The molecule has 0 rings (SSSR count). The highest BCUT2D eigenvalue weighted by atomic mass is 16.4. The Morgan fingerprint density at radius 2 is 1.12 bits per heavy atom. The van der Waals surface area contributed by atoms with Gasteiger partial charge >= 0.3 is 5.97 Å². The van der Waals surface area contributed by atoms with Crippen molar-refractivity contribution in [2.75, 3.05) is 0 Å². The van der Waals surface area contributed by atoms with Gasteiger partial charge in [-0.3, -0.25) is 0 Å². The zero-order valence-electron chi connectivity index (χ0n) is 15.2. The number of allylic oxidation sites excluding steroid dienone is 9. The number of carboxylic acids is 1. The van der Waals surface area contributed by atoms with Crippen molar-refractivity contribution in [3.05, 3.63) is 60.8 Å². The smallest absolute Gasteiger partial charge is 0.328 e. The van der Waals surface area contributed by atoms with Crippen LogP contribution in [0.25, 0.3) is 0 Å². The monoisotopic (exact) mass is 330 g/mol. The fraction of sp³-hybridized carbons (Fsp3) is 0.500. The molecule has 0 aromatic rings. The summed E-state index contributed by atoms with van der Waals surface area (Å²) in [7, 11) is 0. The third-order valence-corrected chi connectivity index (χ3v) is 3.63. The Morgan fingerprint density at radius 1 is 0.667 bits per heavy atom. The van der Waals surface area contributed by atoms with Crippen LogP contribution in [0.4, 0.5) is 0 Å². The van der Waals surface area contributed by atoms with Gasteiger partial charge in [-0.1, -0.05) is 113 Å². The first-order valence-electron chi connectivity index (χ1n) is 9.33. The van der Waals surface area contributed by atoms with Crippen LogP contribution in [0.3, 0.4) is 0 Å². The van der Waals surface area contributed by atoms with Crippen LogP contribution in [0.1, 0.15) is 71.1 Å². The third kappa shape index (κ3) is 20.2. The summed E-state index contributed by atoms with van der Waals surface area (Å²) in [5.74, 6) is -0.930. The SMILES string of the molecule is CCCCCCCCCCCC=CC=CC=CC=C/C=C\C(=O)O. The average Bonchev–Trinajstić information content (AvgIpc) is 2.56. The fourth-order valence-electron chi connectivity index (χ4n) is 2.27. The molecule has 0 fully saturated rings. The van der Waals surface area contributed by atoms with Crippen LogP contribution >= 0.6 is 0 Å². The zero-order valence-corrected chi connectivity index (χ0v) is 15.2. The van der Waals surface area contributed by atoms with E-state index in [4.69, 9.17) is 5.11 Å². The highest BCUT2D eigenvalue weighted by Crippen LogP contribution is 2.10. The molecular weight excluding hydrogens is 296 g/mol. The lowest BCUT2D eigenvalue weighted by atomic mass is 10.1. The highest BCUT2D eigenvalue weighted by molar-refractivity contribution is 5.80. The molecule has 0 aromatic carbocycles. The number of carbonyl (C=O) groups is 1. The van der Waals surface area contributed by atoms with Crippen molar-refractivity contribution in [3.8, 4) is 0 Å². The summed E-state index contributed by atoms with van der Waals surface area (Å²) in [6.07, 6.45) is 31.7. The van der Waals surface area contributed by atoms with E-state index in [0.29, 0.717) is 0 Å². The maximum Gasteiger partial charge on any atom is 0.328 e. The molecule has 0 aliphatic heterocycles. The number of unbranched alkanes of at least 4 members (excludes halogenated alkanes) is 9. The predicted molar refractivity (Wildman–Crippen MR) is 105 cm³/mol. The lowest BCUT2D eigenvalue weighted by molar-refractivity contribution is -0.131. The molecule has 0 bridgehead atoms. The molecule has 0 unspecified atom stereocenters. The molecule has 2 nitrogen and oxygen atoms in total. The number of hydrogen-bond donors (Lipinski definition) is 1. The first kappa shape index (κ1) is 22.2. The van der Waals surface area contributed by atoms with Gasteiger partial charge in [0.15, 0.2) is 0 Å². The van der Waals surface area contributed by atoms with E-state index in [0.717, 1.165) is 12.5 Å². The van der Waals surface area contributed by atoms with Gasteiger partial charge in [0.25, 0.3) is 0 Å². The molecule has 1 N–H and O–H groups in total. The molecule has 0 saturated heterocycles. The standard InChI is InChI=1S/C22H34O2/c1-2-3-4-5-6-7-8-9-10-11-12-13-14-15-16-17-18-19-20-21-22(23)24/h12-21H,2-11H2,1H3,(H,23,24)/b13-12?,15-14?,17-16?,19-18?,21-20-. The van der Waals surface area contributed by atoms with Crippen molar-refractivity contribution >= 4 is 5.97 Å². The van der Waals surface area contributed by atoms with E-state index in [9.17, 15) is 4.79 Å². The zero-order chi connectivity index (χ0) is 17.7. The van der Waals surface area contributed by atoms with Crippen LogP contribution in [0.2, 0.25) is 0 Å².